The van der Waals surface area contributed by atoms with Gasteiger partial charge in [-0.3, -0.25) is 0 Å². The molecule has 0 heterocycles. The molecule has 0 radical (unpaired) electrons. The van der Waals surface area contributed by atoms with Gasteiger partial charge in [-0.2, -0.15) is 0 Å². The van der Waals surface area contributed by atoms with E-state index >= 15 is 0 Å². The van der Waals surface area contributed by atoms with Crippen molar-refractivity contribution < 1.29 is 9.53 Å². The van der Waals surface area contributed by atoms with E-state index in [2.05, 4.69) is 55.5 Å². The number of aldehydes is 1. The van der Waals surface area contributed by atoms with E-state index in [1.807, 2.05) is 6.92 Å². The molecule has 0 spiro atoms. The number of benzene rings is 2. The summed E-state index contributed by atoms with van der Waals surface area (Å²) in [5.74, 6) is -0.130. The van der Waals surface area contributed by atoms with Crippen LogP contribution in [-0.2, 0) is 14.9 Å². The molecule has 0 saturated heterocycles. The van der Waals surface area contributed by atoms with Crippen LogP contribution in [0.1, 0.15) is 31.4 Å². The smallest absolute Gasteiger partial charge is 0.124 e. The number of ether oxygens (including phenoxy) is 1. The van der Waals surface area contributed by atoms with Crippen molar-refractivity contribution in [3.05, 3.63) is 59.7 Å². The van der Waals surface area contributed by atoms with Gasteiger partial charge in [-0.05, 0) is 28.7 Å². The maximum absolute atomic E-state index is 11.7. The number of carbonyl (C=O) groups excluding carboxylic acids is 1. The largest absolute Gasteiger partial charge is 0.380 e. The minimum atomic E-state index is -0.371. The predicted molar refractivity (Wildman–Crippen MR) is 89.0 cm³/mol. The Kier molecular flexibility index (Phi) is 4.12. The van der Waals surface area contributed by atoms with Gasteiger partial charge in [-0.1, -0.05) is 62.4 Å². The number of carbonyl (C=O) groups is 1. The number of hydrogen-bond donors (Lipinski definition) is 0. The van der Waals surface area contributed by atoms with Gasteiger partial charge in [-0.25, -0.2) is 0 Å². The molecule has 2 aromatic rings. The van der Waals surface area contributed by atoms with E-state index in [0.29, 0.717) is 6.61 Å². The molecule has 2 aromatic carbocycles. The summed E-state index contributed by atoms with van der Waals surface area (Å²) < 4.78 is 5.95. The van der Waals surface area contributed by atoms with Gasteiger partial charge >= 0.3 is 0 Å². The van der Waals surface area contributed by atoms with Gasteiger partial charge in [0.1, 0.15) is 6.29 Å². The molecule has 0 bridgehead atoms. The van der Waals surface area contributed by atoms with Gasteiger partial charge < -0.3 is 9.53 Å². The van der Waals surface area contributed by atoms with Gasteiger partial charge in [0.2, 0.25) is 0 Å². The normalized spacial score (nSPS) is 15.9. The fourth-order valence-electron chi connectivity index (χ4n) is 3.63. The van der Waals surface area contributed by atoms with Crippen LogP contribution in [-0.4, -0.2) is 19.5 Å². The van der Waals surface area contributed by atoms with Crippen LogP contribution in [0.25, 0.3) is 11.1 Å². The lowest BCUT2D eigenvalue weighted by molar-refractivity contribution is -0.112. The van der Waals surface area contributed by atoms with Crippen LogP contribution >= 0.6 is 0 Å². The Morgan fingerprint density at radius 3 is 2.09 bits per heavy atom. The summed E-state index contributed by atoms with van der Waals surface area (Å²) in [7, 11) is 0. The van der Waals surface area contributed by atoms with E-state index < -0.39 is 0 Å². The lowest BCUT2D eigenvalue weighted by Gasteiger charge is -2.35. The Morgan fingerprint density at radius 1 is 1.05 bits per heavy atom. The van der Waals surface area contributed by atoms with Gasteiger partial charge in [0.25, 0.3) is 0 Å². The van der Waals surface area contributed by atoms with Crippen LogP contribution in [0.15, 0.2) is 48.5 Å². The number of rotatable bonds is 6. The van der Waals surface area contributed by atoms with Crippen LogP contribution in [0.3, 0.4) is 0 Å². The second kappa shape index (κ2) is 6.05. The lowest BCUT2D eigenvalue weighted by atomic mass is 9.70. The summed E-state index contributed by atoms with van der Waals surface area (Å²) in [6.45, 7) is 5.37. The van der Waals surface area contributed by atoms with Crippen molar-refractivity contribution in [1.82, 2.24) is 0 Å². The highest BCUT2D eigenvalue weighted by molar-refractivity contribution is 5.83. The van der Waals surface area contributed by atoms with Crippen LogP contribution in [0.4, 0.5) is 0 Å². The molecule has 0 aromatic heterocycles. The quantitative estimate of drug-likeness (QED) is 0.589. The third-order valence-electron chi connectivity index (χ3n) is 4.77. The highest BCUT2D eigenvalue weighted by Gasteiger charge is 2.47. The highest BCUT2D eigenvalue weighted by atomic mass is 16.5. The zero-order valence-electron chi connectivity index (χ0n) is 13.2. The molecule has 1 atom stereocenters. The van der Waals surface area contributed by atoms with Crippen molar-refractivity contribution in [2.24, 2.45) is 5.92 Å². The third kappa shape index (κ3) is 2.10. The molecule has 2 nitrogen and oxygen atoms in total. The maximum atomic E-state index is 11.7. The Morgan fingerprint density at radius 2 is 1.59 bits per heavy atom. The van der Waals surface area contributed by atoms with E-state index in [1.165, 1.54) is 22.3 Å². The molecule has 1 unspecified atom stereocenters. The first-order valence-corrected chi connectivity index (χ1v) is 7.98. The zero-order chi connectivity index (χ0) is 15.6. The summed E-state index contributed by atoms with van der Waals surface area (Å²) >= 11 is 0. The SMILES string of the molecule is CCCOCC1(C(C)C=O)c2ccccc2-c2ccccc21. The molecule has 1 aliphatic carbocycles. The maximum Gasteiger partial charge on any atom is 0.124 e. The van der Waals surface area contributed by atoms with Crippen molar-refractivity contribution in [1.29, 1.82) is 0 Å². The van der Waals surface area contributed by atoms with Gasteiger partial charge in [-0.15, -0.1) is 0 Å². The molecule has 1 aliphatic rings. The summed E-state index contributed by atoms with van der Waals surface area (Å²) in [6, 6.07) is 16.8. The van der Waals surface area contributed by atoms with Crippen LogP contribution in [0, 0.1) is 5.92 Å². The Bertz CT molecular complexity index is 629. The van der Waals surface area contributed by atoms with E-state index in [-0.39, 0.29) is 11.3 Å². The minimum absolute atomic E-state index is 0.130. The van der Waals surface area contributed by atoms with E-state index in [0.717, 1.165) is 19.3 Å². The minimum Gasteiger partial charge on any atom is -0.380 e. The zero-order valence-corrected chi connectivity index (χ0v) is 13.2. The first-order chi connectivity index (χ1) is 10.8. The van der Waals surface area contributed by atoms with Crippen molar-refractivity contribution in [2.45, 2.75) is 25.7 Å². The molecule has 2 heteroatoms. The summed E-state index contributed by atoms with van der Waals surface area (Å²) in [4.78, 5) is 11.7. The van der Waals surface area contributed by atoms with E-state index in [9.17, 15) is 4.79 Å². The topological polar surface area (TPSA) is 26.3 Å². The molecular formula is C20H22O2. The van der Waals surface area contributed by atoms with Crippen molar-refractivity contribution >= 4 is 6.29 Å². The monoisotopic (exact) mass is 294 g/mol. The molecule has 0 N–H and O–H groups in total. The molecule has 22 heavy (non-hydrogen) atoms. The molecule has 0 aliphatic heterocycles. The van der Waals surface area contributed by atoms with Crippen molar-refractivity contribution in [3.63, 3.8) is 0 Å². The van der Waals surface area contributed by atoms with Crippen molar-refractivity contribution in [3.8, 4) is 11.1 Å². The van der Waals surface area contributed by atoms with Gasteiger partial charge in [0, 0.05) is 12.5 Å². The Hall–Kier alpha value is -1.93. The summed E-state index contributed by atoms with van der Waals surface area (Å²) in [5, 5.41) is 0. The first kappa shape index (κ1) is 15.0. The molecule has 114 valence electrons. The predicted octanol–water partition coefficient (Wildman–Crippen LogP) is 4.21. The molecule has 0 fully saturated rings. The fraction of sp³-hybridized carbons (Fsp3) is 0.350. The molecule has 3 rings (SSSR count). The summed E-state index contributed by atoms with van der Waals surface area (Å²) in [6.07, 6.45) is 2.04. The summed E-state index contributed by atoms with van der Waals surface area (Å²) in [5.41, 5.74) is 4.52. The van der Waals surface area contributed by atoms with Crippen LogP contribution in [0.5, 0.6) is 0 Å². The van der Waals surface area contributed by atoms with Crippen LogP contribution < -0.4 is 0 Å². The highest BCUT2D eigenvalue weighted by Crippen LogP contribution is 2.52. The van der Waals surface area contributed by atoms with Crippen LogP contribution in [0.2, 0.25) is 0 Å². The number of fused-ring (bicyclic) bond motifs is 3. The third-order valence-corrected chi connectivity index (χ3v) is 4.77. The first-order valence-electron chi connectivity index (χ1n) is 7.98. The van der Waals surface area contributed by atoms with Gasteiger partial charge in [0.05, 0.1) is 12.0 Å². The van der Waals surface area contributed by atoms with E-state index in [4.69, 9.17) is 4.74 Å². The standard InChI is InChI=1S/C20H22O2/c1-3-12-22-14-20(15(2)13-21)18-10-6-4-8-16(18)17-9-5-7-11-19(17)20/h4-11,13,15H,3,12,14H2,1-2H3. The lowest BCUT2D eigenvalue weighted by Crippen LogP contribution is -2.39. The molecule has 0 amide bonds. The van der Waals surface area contributed by atoms with Crippen molar-refractivity contribution in [2.75, 3.05) is 13.2 Å². The average molecular weight is 294 g/mol. The Labute approximate surface area is 132 Å². The van der Waals surface area contributed by atoms with E-state index in [1.54, 1.807) is 0 Å². The number of hydrogen-bond acceptors (Lipinski definition) is 2. The van der Waals surface area contributed by atoms with Gasteiger partial charge in [0.15, 0.2) is 0 Å². The molecule has 0 saturated carbocycles. The molecular weight excluding hydrogens is 272 g/mol. The second-order valence-electron chi connectivity index (χ2n) is 6.04. The average Bonchev–Trinajstić information content (AvgIpc) is 2.86. The Balaban J connectivity index is 2.21. The fourth-order valence-corrected chi connectivity index (χ4v) is 3.63. The second-order valence-corrected chi connectivity index (χ2v) is 6.04.